The number of carbonyl (C=O) groups is 1. The topological polar surface area (TPSA) is 124 Å². The van der Waals surface area contributed by atoms with Gasteiger partial charge in [-0.3, -0.25) is 9.78 Å². The molecule has 0 saturated carbocycles. The van der Waals surface area contributed by atoms with E-state index < -0.39 is 0 Å². The lowest BCUT2D eigenvalue weighted by molar-refractivity contribution is -0.111. The van der Waals surface area contributed by atoms with Crippen molar-refractivity contribution in [1.29, 1.82) is 0 Å². The largest absolute Gasteiger partial charge is 0.393 e. The monoisotopic (exact) mass is 633 g/mol. The lowest BCUT2D eigenvalue weighted by atomic mass is 9.99. The second kappa shape index (κ2) is 14.3. The third-order valence-corrected chi connectivity index (χ3v) is 8.47. The highest BCUT2D eigenvalue weighted by Crippen LogP contribution is 2.32. The fourth-order valence-electron chi connectivity index (χ4n) is 5.93. The summed E-state index contributed by atoms with van der Waals surface area (Å²) in [6, 6.07) is 16.1. The van der Waals surface area contributed by atoms with Crippen molar-refractivity contribution >= 4 is 39.9 Å². The number of amides is 1. The minimum Gasteiger partial charge on any atom is -0.393 e. The molecule has 1 unspecified atom stereocenters. The molecule has 0 aliphatic carbocycles. The molecule has 1 aliphatic heterocycles. The summed E-state index contributed by atoms with van der Waals surface area (Å²) in [4.78, 5) is 31.3. The lowest BCUT2D eigenvalue weighted by Gasteiger charge is -2.21. The number of aliphatic hydroxyl groups excluding tert-OH is 1. The zero-order chi connectivity index (χ0) is 32.9. The van der Waals surface area contributed by atoms with Crippen molar-refractivity contribution in [3.05, 3.63) is 84.2 Å². The van der Waals surface area contributed by atoms with Gasteiger partial charge in [-0.05, 0) is 68.4 Å². The summed E-state index contributed by atoms with van der Waals surface area (Å²) in [5.74, 6) is 1.35. The Balaban J connectivity index is 1.29. The van der Waals surface area contributed by atoms with E-state index in [1.54, 1.807) is 16.8 Å². The van der Waals surface area contributed by atoms with Crippen LogP contribution in [0.1, 0.15) is 50.2 Å². The molecule has 0 spiro atoms. The molecular weight excluding hydrogens is 590 g/mol. The van der Waals surface area contributed by atoms with E-state index >= 15 is 0 Å². The summed E-state index contributed by atoms with van der Waals surface area (Å²) in [6.07, 6.45) is 9.17. The Hall–Kier alpha value is -4.87. The fraction of sp³-hybridized carbons (Fsp3) is 0.361. The van der Waals surface area contributed by atoms with Crippen LogP contribution in [0.4, 0.5) is 17.6 Å². The number of fused-ring (bicyclic) bond motifs is 2. The van der Waals surface area contributed by atoms with Gasteiger partial charge in [-0.15, -0.1) is 0 Å². The molecule has 244 valence electrons. The molecule has 1 saturated heterocycles. The van der Waals surface area contributed by atoms with E-state index in [9.17, 15) is 9.90 Å². The molecule has 3 N–H and O–H groups in total. The van der Waals surface area contributed by atoms with Crippen LogP contribution in [0.2, 0.25) is 0 Å². The van der Waals surface area contributed by atoms with E-state index in [1.165, 1.54) is 0 Å². The quantitative estimate of drug-likeness (QED) is 0.172. The highest BCUT2D eigenvalue weighted by molar-refractivity contribution is 6.02. The zero-order valence-electron chi connectivity index (χ0n) is 27.5. The van der Waals surface area contributed by atoms with E-state index in [1.807, 2.05) is 67.7 Å². The SMILES string of the molecule is CC(C)c1cnn2c(NCc3ccccc3-c3nccc4cc(NC(=O)/C=C/CN(C)C)ccc34)nc(N3CCCC(O)CC3)nc12. The zero-order valence-corrected chi connectivity index (χ0v) is 27.5. The number of nitrogens with zero attached hydrogens (tertiary/aromatic N) is 7. The van der Waals surface area contributed by atoms with Gasteiger partial charge in [0.15, 0.2) is 5.65 Å². The minimum absolute atomic E-state index is 0.162. The molecular formula is C36H43N9O2. The Bertz CT molecular complexity index is 1900. The van der Waals surface area contributed by atoms with Crippen LogP contribution in [0.3, 0.4) is 0 Å². The van der Waals surface area contributed by atoms with Gasteiger partial charge in [0.2, 0.25) is 17.8 Å². The van der Waals surface area contributed by atoms with Crippen LogP contribution in [-0.4, -0.2) is 80.3 Å². The first-order chi connectivity index (χ1) is 22.8. The molecule has 1 aliphatic rings. The standard InChI is InChI=1S/C36H43N9O2/c1-24(2)31-23-39-45-34(31)41-36(44-19-7-10-28(46)16-20-44)42-35(45)38-22-26-9-5-6-11-29(26)33-30-14-13-27(21-25(30)15-17-37-33)40-32(47)12-8-18-43(3)4/h5-6,8-9,11-15,17,21,23-24,28,46H,7,10,16,18-20,22H2,1-4H3,(H,40,47)(H,38,41,42)/b12-8+. The van der Waals surface area contributed by atoms with Crippen LogP contribution in [0.5, 0.6) is 0 Å². The molecule has 11 nitrogen and oxygen atoms in total. The third-order valence-electron chi connectivity index (χ3n) is 8.47. The van der Waals surface area contributed by atoms with Crippen molar-refractivity contribution < 1.29 is 9.90 Å². The molecule has 1 atom stereocenters. The summed E-state index contributed by atoms with van der Waals surface area (Å²) in [5, 5.41) is 23.4. The van der Waals surface area contributed by atoms with Gasteiger partial charge in [0.05, 0.1) is 18.0 Å². The highest BCUT2D eigenvalue weighted by Gasteiger charge is 2.22. The highest BCUT2D eigenvalue weighted by atomic mass is 16.3. The molecule has 11 heteroatoms. The summed E-state index contributed by atoms with van der Waals surface area (Å²) < 4.78 is 1.79. The molecule has 5 aromatic rings. The summed E-state index contributed by atoms with van der Waals surface area (Å²) in [6.45, 7) is 6.97. The minimum atomic E-state index is -0.290. The Morgan fingerprint density at radius 2 is 1.96 bits per heavy atom. The Kier molecular flexibility index (Phi) is 9.74. The molecule has 0 radical (unpaired) electrons. The average molecular weight is 634 g/mol. The molecule has 3 aromatic heterocycles. The number of carbonyl (C=O) groups excluding carboxylic acids is 1. The molecule has 4 heterocycles. The van der Waals surface area contributed by atoms with Crippen LogP contribution in [0.15, 0.2) is 73.1 Å². The number of anilines is 3. The first-order valence-electron chi connectivity index (χ1n) is 16.3. The second-order valence-electron chi connectivity index (χ2n) is 12.7. The van der Waals surface area contributed by atoms with Crippen LogP contribution in [0.25, 0.3) is 27.7 Å². The molecule has 2 aromatic carbocycles. The molecule has 6 rings (SSSR count). The maximum absolute atomic E-state index is 12.4. The Labute approximate surface area is 275 Å². The maximum atomic E-state index is 12.4. The average Bonchev–Trinajstić information content (AvgIpc) is 3.37. The van der Waals surface area contributed by atoms with Gasteiger partial charge in [0, 0.05) is 60.7 Å². The normalized spacial score (nSPS) is 15.6. The molecule has 47 heavy (non-hydrogen) atoms. The van der Waals surface area contributed by atoms with Gasteiger partial charge >= 0.3 is 0 Å². The summed E-state index contributed by atoms with van der Waals surface area (Å²) in [7, 11) is 3.92. The Morgan fingerprint density at radius 3 is 2.79 bits per heavy atom. The van der Waals surface area contributed by atoms with Crippen LogP contribution >= 0.6 is 0 Å². The number of pyridine rings is 1. The van der Waals surface area contributed by atoms with Gasteiger partial charge in [-0.2, -0.15) is 19.6 Å². The number of likely N-dealkylation sites (N-methyl/N-ethyl adjacent to an activating group) is 1. The lowest BCUT2D eigenvalue weighted by Crippen LogP contribution is -2.27. The van der Waals surface area contributed by atoms with Crippen molar-refractivity contribution in [2.75, 3.05) is 49.3 Å². The van der Waals surface area contributed by atoms with Gasteiger partial charge in [-0.25, -0.2) is 0 Å². The molecule has 1 amide bonds. The van der Waals surface area contributed by atoms with Crippen molar-refractivity contribution in [3.63, 3.8) is 0 Å². The third kappa shape index (κ3) is 7.42. The first kappa shape index (κ1) is 32.1. The first-order valence-corrected chi connectivity index (χ1v) is 16.3. The van der Waals surface area contributed by atoms with Crippen molar-refractivity contribution in [2.24, 2.45) is 0 Å². The van der Waals surface area contributed by atoms with E-state index in [0.717, 1.165) is 63.9 Å². The summed E-state index contributed by atoms with van der Waals surface area (Å²) >= 11 is 0. The van der Waals surface area contributed by atoms with Crippen LogP contribution in [0, 0.1) is 0 Å². The van der Waals surface area contributed by atoms with E-state index in [-0.39, 0.29) is 17.9 Å². The Morgan fingerprint density at radius 1 is 1.11 bits per heavy atom. The van der Waals surface area contributed by atoms with E-state index in [0.29, 0.717) is 38.0 Å². The number of rotatable bonds is 10. The summed E-state index contributed by atoms with van der Waals surface area (Å²) in [5.41, 5.74) is 5.50. The smallest absolute Gasteiger partial charge is 0.248 e. The van der Waals surface area contributed by atoms with Crippen molar-refractivity contribution in [3.8, 4) is 11.3 Å². The van der Waals surface area contributed by atoms with Crippen LogP contribution < -0.4 is 15.5 Å². The van der Waals surface area contributed by atoms with Crippen LogP contribution in [-0.2, 0) is 11.3 Å². The van der Waals surface area contributed by atoms with Gasteiger partial charge in [0.25, 0.3) is 0 Å². The van der Waals surface area contributed by atoms with Gasteiger partial charge < -0.3 is 25.5 Å². The van der Waals surface area contributed by atoms with Crippen molar-refractivity contribution in [1.82, 2.24) is 29.5 Å². The van der Waals surface area contributed by atoms with E-state index in [2.05, 4.69) is 46.6 Å². The van der Waals surface area contributed by atoms with Crippen molar-refractivity contribution in [2.45, 2.75) is 51.7 Å². The number of aromatic nitrogens is 5. The predicted molar refractivity (Wildman–Crippen MR) is 188 cm³/mol. The fourth-order valence-corrected chi connectivity index (χ4v) is 5.93. The van der Waals surface area contributed by atoms with E-state index in [4.69, 9.17) is 15.0 Å². The number of aliphatic hydroxyl groups is 1. The number of nitrogens with one attached hydrogen (secondary N) is 2. The number of hydrogen-bond donors (Lipinski definition) is 3. The number of hydrogen-bond acceptors (Lipinski definition) is 9. The second-order valence-corrected chi connectivity index (χ2v) is 12.7. The molecule has 0 bridgehead atoms. The van der Waals surface area contributed by atoms with Gasteiger partial charge in [-0.1, -0.05) is 50.3 Å². The van der Waals surface area contributed by atoms with Gasteiger partial charge in [0.1, 0.15) is 0 Å². The molecule has 1 fully saturated rings. The predicted octanol–water partition coefficient (Wildman–Crippen LogP) is 5.48. The maximum Gasteiger partial charge on any atom is 0.248 e. The number of benzene rings is 2.